The summed E-state index contributed by atoms with van der Waals surface area (Å²) in [6, 6.07) is 5.71. The second-order valence-electron chi connectivity index (χ2n) is 3.70. The van der Waals surface area contributed by atoms with Crippen molar-refractivity contribution in [2.45, 2.75) is 39.7 Å². The van der Waals surface area contributed by atoms with Crippen molar-refractivity contribution in [2.24, 2.45) is 0 Å². The van der Waals surface area contributed by atoms with Gasteiger partial charge >= 0.3 is 0 Å². The van der Waals surface area contributed by atoms with E-state index in [1.54, 1.807) is 12.1 Å². The smallest absolute Gasteiger partial charge is 0.292 e. The molecule has 0 saturated heterocycles. The molecular weight excluding hydrogens is 204 g/mol. The van der Waals surface area contributed by atoms with Gasteiger partial charge in [0.05, 0.1) is 4.92 Å². The molecular formula is C12H18N2O2. The lowest BCUT2D eigenvalue weighted by atomic mass is 10.2. The van der Waals surface area contributed by atoms with E-state index in [1.807, 2.05) is 26.8 Å². The Bertz CT molecular complexity index is 373. The SMILES string of the molecule is CC.Cc1ccc(NC2CC2)c([N+](=O)[O-])c1. The van der Waals surface area contributed by atoms with Crippen molar-refractivity contribution in [3.05, 3.63) is 33.9 Å². The predicted octanol–water partition coefficient (Wildman–Crippen LogP) is 3.50. The van der Waals surface area contributed by atoms with Gasteiger partial charge in [0, 0.05) is 12.1 Å². The number of benzene rings is 1. The maximum atomic E-state index is 10.7. The largest absolute Gasteiger partial charge is 0.377 e. The molecule has 0 bridgehead atoms. The van der Waals surface area contributed by atoms with Gasteiger partial charge in [0.2, 0.25) is 0 Å². The van der Waals surface area contributed by atoms with Crippen LogP contribution in [0.2, 0.25) is 0 Å². The Morgan fingerprint density at radius 3 is 2.50 bits per heavy atom. The molecule has 1 aromatic carbocycles. The van der Waals surface area contributed by atoms with E-state index in [2.05, 4.69) is 5.32 Å². The first-order chi connectivity index (χ1) is 7.66. The lowest BCUT2D eigenvalue weighted by Gasteiger charge is -2.05. The first-order valence-electron chi connectivity index (χ1n) is 5.68. The number of hydrogen-bond donors (Lipinski definition) is 1. The molecule has 0 heterocycles. The van der Waals surface area contributed by atoms with Gasteiger partial charge in [0.15, 0.2) is 0 Å². The number of nitrogens with one attached hydrogen (secondary N) is 1. The van der Waals surface area contributed by atoms with E-state index >= 15 is 0 Å². The minimum atomic E-state index is -0.336. The van der Waals surface area contributed by atoms with E-state index in [0.717, 1.165) is 18.4 Å². The molecule has 0 amide bonds. The molecule has 16 heavy (non-hydrogen) atoms. The molecule has 1 aliphatic rings. The van der Waals surface area contributed by atoms with Gasteiger partial charge in [-0.2, -0.15) is 0 Å². The summed E-state index contributed by atoms with van der Waals surface area (Å²) in [7, 11) is 0. The van der Waals surface area contributed by atoms with Crippen LogP contribution in [0.1, 0.15) is 32.3 Å². The van der Waals surface area contributed by atoms with Crippen LogP contribution < -0.4 is 5.32 Å². The molecule has 1 fully saturated rings. The summed E-state index contributed by atoms with van der Waals surface area (Å²) in [6.45, 7) is 5.86. The van der Waals surface area contributed by atoms with Crippen molar-refractivity contribution < 1.29 is 4.92 Å². The summed E-state index contributed by atoms with van der Waals surface area (Å²) in [6.07, 6.45) is 2.23. The zero-order valence-electron chi connectivity index (χ0n) is 9.99. The van der Waals surface area contributed by atoms with Crippen LogP contribution >= 0.6 is 0 Å². The predicted molar refractivity (Wildman–Crippen MR) is 65.8 cm³/mol. The minimum absolute atomic E-state index is 0.178. The number of nitro benzene ring substituents is 1. The molecule has 0 unspecified atom stereocenters. The minimum Gasteiger partial charge on any atom is -0.377 e. The monoisotopic (exact) mass is 222 g/mol. The van der Waals surface area contributed by atoms with Gasteiger partial charge in [0.1, 0.15) is 5.69 Å². The number of aryl methyl sites for hydroxylation is 1. The van der Waals surface area contributed by atoms with Gasteiger partial charge in [0.25, 0.3) is 5.69 Å². The van der Waals surface area contributed by atoms with Crippen LogP contribution in [0.3, 0.4) is 0 Å². The Labute approximate surface area is 95.8 Å². The van der Waals surface area contributed by atoms with Crippen LogP contribution in [0, 0.1) is 17.0 Å². The van der Waals surface area contributed by atoms with E-state index in [-0.39, 0.29) is 10.6 Å². The number of hydrogen-bond acceptors (Lipinski definition) is 3. The maximum absolute atomic E-state index is 10.7. The Morgan fingerprint density at radius 2 is 2.00 bits per heavy atom. The Balaban J connectivity index is 0.000000606. The molecule has 1 saturated carbocycles. The van der Waals surface area contributed by atoms with Gasteiger partial charge in [-0.3, -0.25) is 10.1 Å². The third-order valence-electron chi connectivity index (χ3n) is 2.29. The molecule has 1 aliphatic carbocycles. The molecule has 0 spiro atoms. The van der Waals surface area contributed by atoms with E-state index < -0.39 is 0 Å². The van der Waals surface area contributed by atoms with E-state index in [4.69, 9.17) is 0 Å². The topological polar surface area (TPSA) is 55.2 Å². The quantitative estimate of drug-likeness (QED) is 0.629. The average molecular weight is 222 g/mol. The van der Waals surface area contributed by atoms with Crippen molar-refractivity contribution in [1.29, 1.82) is 0 Å². The first-order valence-corrected chi connectivity index (χ1v) is 5.68. The molecule has 1 N–H and O–H groups in total. The molecule has 4 heteroatoms. The number of nitrogens with zero attached hydrogens (tertiary/aromatic N) is 1. The van der Waals surface area contributed by atoms with Crippen molar-refractivity contribution in [2.75, 3.05) is 5.32 Å². The zero-order chi connectivity index (χ0) is 12.1. The lowest BCUT2D eigenvalue weighted by molar-refractivity contribution is -0.384. The number of nitro groups is 1. The highest BCUT2D eigenvalue weighted by Gasteiger charge is 2.24. The molecule has 0 aromatic heterocycles. The average Bonchev–Trinajstić information content (AvgIpc) is 3.07. The summed E-state index contributed by atoms with van der Waals surface area (Å²) in [5, 5.41) is 13.9. The fourth-order valence-corrected chi connectivity index (χ4v) is 1.36. The Morgan fingerprint density at radius 1 is 1.38 bits per heavy atom. The zero-order valence-corrected chi connectivity index (χ0v) is 9.99. The standard InChI is InChI=1S/C10H12N2O2.C2H6/c1-7-2-5-9(11-8-3-4-8)10(6-7)12(13)14;1-2/h2,5-6,8,11H,3-4H2,1H3;1-2H3. The van der Waals surface area contributed by atoms with Gasteiger partial charge in [-0.1, -0.05) is 19.9 Å². The van der Waals surface area contributed by atoms with Crippen LogP contribution in [0.25, 0.3) is 0 Å². The van der Waals surface area contributed by atoms with Crippen molar-refractivity contribution in [1.82, 2.24) is 0 Å². The number of anilines is 1. The van der Waals surface area contributed by atoms with Crippen molar-refractivity contribution in [3.63, 3.8) is 0 Å². The van der Waals surface area contributed by atoms with Crippen LogP contribution in [0.4, 0.5) is 11.4 Å². The second-order valence-corrected chi connectivity index (χ2v) is 3.70. The summed E-state index contributed by atoms with van der Waals surface area (Å²) in [5.41, 5.74) is 1.73. The van der Waals surface area contributed by atoms with Crippen LogP contribution in [-0.2, 0) is 0 Å². The van der Waals surface area contributed by atoms with E-state index in [1.165, 1.54) is 0 Å². The molecule has 0 aliphatic heterocycles. The van der Waals surface area contributed by atoms with Gasteiger partial charge in [-0.05, 0) is 31.4 Å². The first kappa shape index (κ1) is 12.5. The van der Waals surface area contributed by atoms with Gasteiger partial charge < -0.3 is 5.32 Å². The summed E-state index contributed by atoms with van der Waals surface area (Å²) >= 11 is 0. The van der Waals surface area contributed by atoms with Crippen molar-refractivity contribution >= 4 is 11.4 Å². The number of rotatable bonds is 3. The fourth-order valence-electron chi connectivity index (χ4n) is 1.36. The van der Waals surface area contributed by atoms with Crippen LogP contribution in [0.15, 0.2) is 18.2 Å². The molecule has 88 valence electrons. The molecule has 2 rings (SSSR count). The van der Waals surface area contributed by atoms with Gasteiger partial charge in [-0.15, -0.1) is 0 Å². The molecule has 0 atom stereocenters. The molecule has 4 nitrogen and oxygen atoms in total. The Hall–Kier alpha value is -1.58. The third-order valence-corrected chi connectivity index (χ3v) is 2.29. The molecule has 1 aromatic rings. The highest BCUT2D eigenvalue weighted by atomic mass is 16.6. The maximum Gasteiger partial charge on any atom is 0.292 e. The molecule has 0 radical (unpaired) electrons. The highest BCUT2D eigenvalue weighted by molar-refractivity contribution is 5.63. The fraction of sp³-hybridized carbons (Fsp3) is 0.500. The summed E-state index contributed by atoms with van der Waals surface area (Å²) < 4.78 is 0. The van der Waals surface area contributed by atoms with Crippen LogP contribution in [-0.4, -0.2) is 11.0 Å². The van der Waals surface area contributed by atoms with Crippen molar-refractivity contribution in [3.8, 4) is 0 Å². The lowest BCUT2D eigenvalue weighted by Crippen LogP contribution is -2.04. The Kier molecular flexibility index (Phi) is 4.28. The van der Waals surface area contributed by atoms with E-state index in [0.29, 0.717) is 11.7 Å². The van der Waals surface area contributed by atoms with Gasteiger partial charge in [-0.25, -0.2) is 0 Å². The van der Waals surface area contributed by atoms with Crippen LogP contribution in [0.5, 0.6) is 0 Å². The summed E-state index contributed by atoms with van der Waals surface area (Å²) in [4.78, 5) is 10.4. The third kappa shape index (κ3) is 3.22. The normalized spacial score (nSPS) is 13.7. The second kappa shape index (κ2) is 5.49. The summed E-state index contributed by atoms with van der Waals surface area (Å²) in [5.74, 6) is 0. The highest BCUT2D eigenvalue weighted by Crippen LogP contribution is 2.31. The van der Waals surface area contributed by atoms with E-state index in [9.17, 15) is 10.1 Å².